The molecule has 0 fully saturated rings. The third-order valence-electron chi connectivity index (χ3n) is 0. The predicted molar refractivity (Wildman–Crippen MR) is 35.9 cm³/mol. The Kier molecular flexibility index (Phi) is 197. The molecule has 57 heteroatoms. The predicted octanol–water partition coefficient (Wildman–Crippen LogP) is -16.9. The Labute approximate surface area is 440 Å². The minimum atomic E-state index is -5.39. The van der Waals surface area contributed by atoms with Gasteiger partial charge in [-0.3, -0.25) is 0 Å². The number of hydrogen-bond acceptors (Lipinski definition) is 40. The molecule has 0 heterocycles. The van der Waals surface area contributed by atoms with Gasteiger partial charge in [0.05, 0.1) is 0 Å². The molecule has 0 amide bonds. The molecular formula is H2Na3O41PW12. The Morgan fingerprint density at radius 3 is 0.193 bits per heavy atom. The van der Waals surface area contributed by atoms with E-state index >= 15 is 0 Å². The van der Waals surface area contributed by atoms with E-state index in [2.05, 4.69) is 0 Å². The van der Waals surface area contributed by atoms with Crippen molar-refractivity contribution in [2.45, 2.75) is 0 Å². The minimum absolute atomic E-state index is 0. The van der Waals surface area contributed by atoms with Crippen LogP contribution in [0.1, 0.15) is 0 Å². The molecule has 0 aromatic carbocycles. The normalized spacial score (nSPS) is 6.09. The van der Waals surface area contributed by atoms with Crippen molar-refractivity contribution in [3.05, 3.63) is 0 Å². The molecule has 0 rings (SSSR count). The van der Waals surface area contributed by atoms with Crippen molar-refractivity contribution in [2.24, 2.45) is 0 Å². The first kappa shape index (κ1) is 113. The molecule has 0 spiro atoms. The summed E-state index contributed by atoms with van der Waals surface area (Å²) in [7, 11) is -5.39. The van der Waals surface area contributed by atoms with Gasteiger partial charge < -0.3 is 24.7 Å². The van der Waals surface area contributed by atoms with Crippen molar-refractivity contribution in [2.75, 3.05) is 0 Å². The third kappa shape index (κ3) is 11900. The fraction of sp³-hybridized carbons (Fsp3) is 0. The zero-order chi connectivity index (χ0) is 47.4. The zero-order valence-electron chi connectivity index (χ0n) is 25.2. The van der Waals surface area contributed by atoms with E-state index in [9.17, 15) is 0 Å². The van der Waals surface area contributed by atoms with Crippen molar-refractivity contribution < 1.29 is 442 Å². The fourth-order valence-electron chi connectivity index (χ4n) is 0. The molecule has 0 aromatic heterocycles. The molecular weight excluding hydrogens is 2960 g/mol. The van der Waals surface area contributed by atoms with Gasteiger partial charge >= 0.3 is 417 Å². The first-order chi connectivity index (χ1) is 22.8. The van der Waals surface area contributed by atoms with Gasteiger partial charge in [-0.2, -0.15) is 7.82 Å². The molecule has 57 heavy (non-hydrogen) atoms. The van der Waals surface area contributed by atoms with Crippen LogP contribution in [0.2, 0.25) is 0 Å². The van der Waals surface area contributed by atoms with Gasteiger partial charge in [-0.15, -0.1) is 0 Å². The van der Waals surface area contributed by atoms with Crippen molar-refractivity contribution in [1.82, 2.24) is 0 Å². The van der Waals surface area contributed by atoms with Gasteiger partial charge in [-0.25, -0.2) is 0 Å². The molecule has 0 aliphatic carbocycles. The van der Waals surface area contributed by atoms with E-state index in [4.69, 9.17) is 142 Å². The van der Waals surface area contributed by atoms with E-state index < -0.39 is 214 Å². The summed E-state index contributed by atoms with van der Waals surface area (Å²) in [6.45, 7) is 0. The van der Waals surface area contributed by atoms with Crippen LogP contribution in [-0.2, 0) is 333 Å². The molecule has 0 radical (unpaired) electrons. The average molecular weight is 2960 g/mol. The summed E-state index contributed by atoms with van der Waals surface area (Å²) in [4.78, 5) is 25.6. The Hall–Kier alpha value is 4.13. The molecule has 41 nitrogen and oxygen atoms in total. The first-order valence-electron chi connectivity index (χ1n) is 6.73. The Balaban J connectivity index is -0.0000000202. The summed E-state index contributed by atoms with van der Waals surface area (Å²) >= 11 is -51.3. The number of rotatable bonds is 0. The van der Waals surface area contributed by atoms with Crippen LogP contribution in [0.3, 0.4) is 0 Å². The van der Waals surface area contributed by atoms with Crippen molar-refractivity contribution >= 4 is 7.82 Å². The van der Waals surface area contributed by atoms with Crippen LogP contribution >= 0.6 is 7.82 Å². The van der Waals surface area contributed by atoms with Crippen LogP contribution in [0.15, 0.2) is 0 Å². The first-order valence-corrected chi connectivity index (χ1v) is 51.3. The van der Waals surface area contributed by atoms with E-state index in [1.807, 2.05) is 0 Å². The number of phosphoric acid groups is 1. The molecule has 0 bridgehead atoms. The van der Waals surface area contributed by atoms with Gasteiger partial charge in [-0.05, 0) is 0 Å². The molecule has 0 unspecified atom stereocenters. The van der Waals surface area contributed by atoms with Crippen molar-refractivity contribution in [3.8, 4) is 0 Å². The van der Waals surface area contributed by atoms with Crippen LogP contribution in [0.5, 0.6) is 0 Å². The second kappa shape index (κ2) is 98.8. The fourth-order valence-corrected chi connectivity index (χ4v) is 0. The van der Waals surface area contributed by atoms with Crippen LogP contribution in [0.4, 0.5) is 0 Å². The van der Waals surface area contributed by atoms with Gasteiger partial charge in [0.1, 0.15) is 0 Å². The molecule has 0 aromatic rings. The van der Waals surface area contributed by atoms with Crippen LogP contribution < -0.4 is 103 Å². The Morgan fingerprint density at radius 1 is 0.193 bits per heavy atom. The second-order valence-corrected chi connectivity index (χ2v) is 21.4. The van der Waals surface area contributed by atoms with Gasteiger partial charge in [0, 0.05) is 0 Å². The van der Waals surface area contributed by atoms with E-state index in [0.29, 0.717) is 0 Å². The summed E-state index contributed by atoms with van der Waals surface area (Å²) in [6.07, 6.45) is 0. The van der Waals surface area contributed by atoms with E-state index in [1.165, 1.54) is 0 Å². The Morgan fingerprint density at radius 2 is 0.193 bits per heavy atom. The molecule has 0 saturated carbocycles. The van der Waals surface area contributed by atoms with Gasteiger partial charge in [-0.1, -0.05) is 0 Å². The van der Waals surface area contributed by atoms with E-state index in [1.54, 1.807) is 0 Å². The monoisotopic (exact) mass is 2970 g/mol. The van der Waals surface area contributed by atoms with Crippen molar-refractivity contribution in [3.63, 3.8) is 0 Å². The van der Waals surface area contributed by atoms with Gasteiger partial charge in [0.2, 0.25) is 0 Å². The van der Waals surface area contributed by atoms with Gasteiger partial charge in [0.15, 0.2) is 0 Å². The zero-order valence-corrected chi connectivity index (χ0v) is 67.3. The summed E-state index contributed by atoms with van der Waals surface area (Å²) in [6, 6.07) is 0. The molecule has 0 aliphatic heterocycles. The third-order valence-corrected chi connectivity index (χ3v) is 0. The molecule has 0 aliphatic rings. The van der Waals surface area contributed by atoms with Crippen LogP contribution in [0.25, 0.3) is 0 Å². The Bertz CT molecular complexity index is 1700. The summed E-state index contributed by atoms with van der Waals surface area (Å²) in [5.74, 6) is 0. The second-order valence-electron chi connectivity index (χ2n) is 2.90. The summed E-state index contributed by atoms with van der Waals surface area (Å²) < 4.78 is 319. The standard InChI is InChI=1S/3Na.H3O4P.H2O.36O.12W/c;;;1-5(2,3)4;;;;;;;;;;;;;;;;;;;;;;;;;;;;;;;;;;;;;;;;;;;;;;;;;/h;;;(H3,1,2,3,4);1H2;;;;;;;;;;;;;;;;;;;;;;;;;;;;;;;;;;;;;;;;;;;;;;;;/q3*+1;;;;;;;;;;;;;;;;;;;;;;;;;;;;;;;;;;;;;;;;;;;;;;;;;;/p-3. The number of hydrogen-bond donors (Lipinski definition) is 0. The molecule has 2 N–H and O–H groups in total. The quantitative estimate of drug-likeness (QED) is 0.160. The average Bonchev–Trinajstić information content (AvgIpc) is 2.66. The maximum atomic E-state index is 8.61. The maximum absolute atomic E-state index is 8.61. The van der Waals surface area contributed by atoms with Gasteiger partial charge in [0.25, 0.3) is 0 Å². The SMILES string of the molecule is O.O=P([O-])([O-])[O-].[Na+].[Na+].[Na+].[O]=[W](=[O])=[O].[O]=[W](=[O])=[O].[O]=[W](=[O])=[O].[O]=[W](=[O])=[O].[O]=[W](=[O])=[O].[O]=[W](=[O])=[O].[O]=[W](=[O])=[O].[O]=[W](=[O])=[O].[O]=[W](=[O])=[O].[O]=[W](=[O])=[O].[O]=[W](=[O])=[O].[O]=[W](=[O])=[O]. The van der Waals surface area contributed by atoms with Crippen molar-refractivity contribution in [1.29, 1.82) is 0 Å². The van der Waals surface area contributed by atoms with Crippen LogP contribution in [-0.4, -0.2) is 5.48 Å². The summed E-state index contributed by atoms with van der Waals surface area (Å²) in [5, 5.41) is 0. The molecule has 328 valence electrons. The molecule has 0 atom stereocenters. The topological polar surface area (TPSA) is 732 Å². The van der Waals surface area contributed by atoms with Crippen LogP contribution in [0, 0.1) is 0 Å². The van der Waals surface area contributed by atoms with E-state index in [-0.39, 0.29) is 94.1 Å². The molecule has 0 saturated heterocycles. The summed E-state index contributed by atoms with van der Waals surface area (Å²) in [5.41, 5.74) is 0. The van der Waals surface area contributed by atoms with E-state index in [0.717, 1.165) is 0 Å².